The number of hydrogen-bond acceptors (Lipinski definition) is 1. The van der Waals surface area contributed by atoms with Crippen LogP contribution in [0.3, 0.4) is 0 Å². The molecule has 0 aliphatic carbocycles. The van der Waals surface area contributed by atoms with Crippen molar-refractivity contribution in [3.05, 3.63) is 54.6 Å². The molecule has 0 amide bonds. The van der Waals surface area contributed by atoms with Crippen molar-refractivity contribution in [1.29, 1.82) is 0 Å². The first kappa shape index (κ1) is 9.78. The van der Waals surface area contributed by atoms with E-state index in [1.165, 1.54) is 11.1 Å². The Bertz CT molecular complexity index is 403. The van der Waals surface area contributed by atoms with Crippen LogP contribution in [-0.4, -0.2) is 6.61 Å². The molecule has 15 heavy (non-hydrogen) atoms. The predicted octanol–water partition coefficient (Wildman–Crippen LogP) is 3.75. The van der Waals surface area contributed by atoms with Gasteiger partial charge in [-0.15, -0.1) is 0 Å². The number of benzene rings is 2. The average molecular weight is 198 g/mol. The van der Waals surface area contributed by atoms with Gasteiger partial charge in [0, 0.05) is 0 Å². The third-order valence-electron chi connectivity index (χ3n) is 2.27. The molecule has 76 valence electrons. The van der Waals surface area contributed by atoms with Gasteiger partial charge in [-0.2, -0.15) is 0 Å². The minimum absolute atomic E-state index is 0.713. The second kappa shape index (κ2) is 4.65. The first-order valence-corrected chi connectivity index (χ1v) is 5.18. The number of ether oxygens (including phenoxy) is 1. The van der Waals surface area contributed by atoms with Crippen LogP contribution in [-0.2, 0) is 0 Å². The Hall–Kier alpha value is -1.76. The molecule has 0 radical (unpaired) electrons. The normalized spacial score (nSPS) is 9.93. The quantitative estimate of drug-likeness (QED) is 0.729. The van der Waals surface area contributed by atoms with E-state index in [9.17, 15) is 0 Å². The van der Waals surface area contributed by atoms with Gasteiger partial charge in [0.25, 0.3) is 0 Å². The summed E-state index contributed by atoms with van der Waals surface area (Å²) >= 11 is 0. The zero-order valence-corrected chi connectivity index (χ0v) is 8.81. The highest BCUT2D eigenvalue weighted by Gasteiger charge is 1.96. The third-order valence-corrected chi connectivity index (χ3v) is 2.27. The lowest BCUT2D eigenvalue weighted by atomic mass is 10.1. The molecule has 0 fully saturated rings. The molecule has 0 unspecified atom stereocenters. The van der Waals surface area contributed by atoms with Gasteiger partial charge < -0.3 is 4.74 Å². The summed E-state index contributed by atoms with van der Waals surface area (Å²) in [6.45, 7) is 2.70. The molecule has 1 heteroatoms. The second-order valence-corrected chi connectivity index (χ2v) is 3.32. The Morgan fingerprint density at radius 2 is 1.40 bits per heavy atom. The summed E-state index contributed by atoms with van der Waals surface area (Å²) in [6, 6.07) is 18.5. The molecular formula is C14H14O. The summed E-state index contributed by atoms with van der Waals surface area (Å²) < 4.78 is 5.40. The SMILES string of the molecule is CCOc1ccc(-c2ccccc2)cc1. The van der Waals surface area contributed by atoms with E-state index in [-0.39, 0.29) is 0 Å². The largest absolute Gasteiger partial charge is 0.494 e. The molecular weight excluding hydrogens is 184 g/mol. The van der Waals surface area contributed by atoms with Crippen molar-refractivity contribution in [2.75, 3.05) is 6.61 Å². The summed E-state index contributed by atoms with van der Waals surface area (Å²) in [5.41, 5.74) is 2.46. The van der Waals surface area contributed by atoms with Gasteiger partial charge in [-0.05, 0) is 30.2 Å². The Labute approximate surface area is 90.3 Å². The van der Waals surface area contributed by atoms with E-state index < -0.39 is 0 Å². The maximum absolute atomic E-state index is 5.40. The lowest BCUT2D eigenvalue weighted by Crippen LogP contribution is -1.90. The molecule has 0 bridgehead atoms. The van der Waals surface area contributed by atoms with Crippen LogP contribution in [0, 0.1) is 0 Å². The van der Waals surface area contributed by atoms with E-state index in [1.54, 1.807) is 0 Å². The Kier molecular flexibility index (Phi) is 3.03. The van der Waals surface area contributed by atoms with Gasteiger partial charge in [0.1, 0.15) is 5.75 Å². The molecule has 2 aromatic rings. The van der Waals surface area contributed by atoms with Gasteiger partial charge >= 0.3 is 0 Å². The zero-order chi connectivity index (χ0) is 10.5. The van der Waals surface area contributed by atoms with E-state index in [4.69, 9.17) is 4.74 Å². The van der Waals surface area contributed by atoms with Crippen LogP contribution in [0.4, 0.5) is 0 Å². The van der Waals surface area contributed by atoms with Crippen LogP contribution < -0.4 is 4.74 Å². The number of hydrogen-bond donors (Lipinski definition) is 0. The van der Waals surface area contributed by atoms with E-state index >= 15 is 0 Å². The van der Waals surface area contributed by atoms with E-state index in [0.29, 0.717) is 6.61 Å². The van der Waals surface area contributed by atoms with Crippen LogP contribution in [0.5, 0.6) is 5.75 Å². The summed E-state index contributed by atoms with van der Waals surface area (Å²) in [5.74, 6) is 0.928. The topological polar surface area (TPSA) is 9.23 Å². The molecule has 0 aliphatic rings. The fourth-order valence-corrected chi connectivity index (χ4v) is 1.54. The van der Waals surface area contributed by atoms with Crippen molar-refractivity contribution in [1.82, 2.24) is 0 Å². The lowest BCUT2D eigenvalue weighted by Gasteiger charge is -2.04. The van der Waals surface area contributed by atoms with E-state index in [1.807, 2.05) is 37.3 Å². The molecule has 0 spiro atoms. The van der Waals surface area contributed by atoms with Gasteiger partial charge in [-0.1, -0.05) is 42.5 Å². The second-order valence-electron chi connectivity index (χ2n) is 3.32. The highest BCUT2D eigenvalue weighted by atomic mass is 16.5. The predicted molar refractivity (Wildman–Crippen MR) is 63.0 cm³/mol. The molecule has 0 aliphatic heterocycles. The van der Waals surface area contributed by atoms with E-state index in [2.05, 4.69) is 24.3 Å². The van der Waals surface area contributed by atoms with Crippen molar-refractivity contribution >= 4 is 0 Å². The minimum atomic E-state index is 0.713. The highest BCUT2D eigenvalue weighted by Crippen LogP contribution is 2.21. The van der Waals surface area contributed by atoms with Gasteiger partial charge in [-0.25, -0.2) is 0 Å². The third kappa shape index (κ3) is 2.38. The van der Waals surface area contributed by atoms with Gasteiger partial charge in [0.2, 0.25) is 0 Å². The van der Waals surface area contributed by atoms with Gasteiger partial charge in [0.15, 0.2) is 0 Å². The van der Waals surface area contributed by atoms with Crippen molar-refractivity contribution in [2.24, 2.45) is 0 Å². The Morgan fingerprint density at radius 1 is 0.800 bits per heavy atom. The highest BCUT2D eigenvalue weighted by molar-refractivity contribution is 5.63. The van der Waals surface area contributed by atoms with Crippen LogP contribution in [0.15, 0.2) is 54.6 Å². The van der Waals surface area contributed by atoms with Crippen LogP contribution in [0.1, 0.15) is 6.92 Å². The molecule has 0 atom stereocenters. The summed E-state index contributed by atoms with van der Waals surface area (Å²) in [7, 11) is 0. The minimum Gasteiger partial charge on any atom is -0.494 e. The molecule has 0 saturated heterocycles. The average Bonchev–Trinajstić information content (AvgIpc) is 2.32. The van der Waals surface area contributed by atoms with Gasteiger partial charge in [0.05, 0.1) is 6.61 Å². The van der Waals surface area contributed by atoms with Crippen molar-refractivity contribution in [3.63, 3.8) is 0 Å². The smallest absolute Gasteiger partial charge is 0.119 e. The first-order valence-electron chi connectivity index (χ1n) is 5.18. The molecule has 1 nitrogen and oxygen atoms in total. The molecule has 0 saturated carbocycles. The van der Waals surface area contributed by atoms with E-state index in [0.717, 1.165) is 5.75 Å². The molecule has 2 aromatic carbocycles. The zero-order valence-electron chi connectivity index (χ0n) is 8.81. The molecule has 0 aromatic heterocycles. The summed E-state index contributed by atoms with van der Waals surface area (Å²) in [6.07, 6.45) is 0. The Morgan fingerprint density at radius 3 is 2.00 bits per heavy atom. The van der Waals surface area contributed by atoms with Gasteiger partial charge in [-0.3, -0.25) is 0 Å². The van der Waals surface area contributed by atoms with Crippen LogP contribution in [0.25, 0.3) is 11.1 Å². The fraction of sp³-hybridized carbons (Fsp3) is 0.143. The first-order chi connectivity index (χ1) is 7.40. The van der Waals surface area contributed by atoms with Crippen molar-refractivity contribution in [3.8, 4) is 16.9 Å². The lowest BCUT2D eigenvalue weighted by molar-refractivity contribution is 0.340. The summed E-state index contributed by atoms with van der Waals surface area (Å²) in [5, 5.41) is 0. The maximum Gasteiger partial charge on any atom is 0.119 e. The number of rotatable bonds is 3. The molecule has 2 rings (SSSR count). The fourth-order valence-electron chi connectivity index (χ4n) is 1.54. The standard InChI is InChI=1S/C14H14O/c1-2-15-14-10-8-13(9-11-14)12-6-4-3-5-7-12/h3-11H,2H2,1H3. The molecule has 0 N–H and O–H groups in total. The summed E-state index contributed by atoms with van der Waals surface area (Å²) in [4.78, 5) is 0. The maximum atomic E-state index is 5.40. The molecule has 0 heterocycles. The van der Waals surface area contributed by atoms with Crippen molar-refractivity contribution < 1.29 is 4.74 Å². The van der Waals surface area contributed by atoms with Crippen LogP contribution >= 0.6 is 0 Å². The Balaban J connectivity index is 2.24. The van der Waals surface area contributed by atoms with Crippen molar-refractivity contribution in [2.45, 2.75) is 6.92 Å². The monoisotopic (exact) mass is 198 g/mol. The van der Waals surface area contributed by atoms with Crippen LogP contribution in [0.2, 0.25) is 0 Å².